The summed E-state index contributed by atoms with van der Waals surface area (Å²) in [4.78, 5) is 23.8. The van der Waals surface area contributed by atoms with E-state index in [1.165, 1.54) is 0 Å². The molecule has 1 fully saturated rings. The van der Waals surface area contributed by atoms with Gasteiger partial charge < -0.3 is 0 Å². The molecule has 0 radical (unpaired) electrons. The van der Waals surface area contributed by atoms with Crippen LogP contribution in [0.1, 0.15) is 59.8 Å². The first-order chi connectivity index (χ1) is 9.64. The molecular formula is C16H31N2O2Ti. The van der Waals surface area contributed by atoms with Crippen molar-refractivity contribution in [2.75, 3.05) is 0 Å². The number of carbonyl (C=O) groups is 2. The van der Waals surface area contributed by atoms with E-state index in [0.29, 0.717) is 12.8 Å². The molecule has 2 unspecified atom stereocenters. The predicted octanol–water partition coefficient (Wildman–Crippen LogP) is 3.03. The van der Waals surface area contributed by atoms with Crippen LogP contribution in [0.2, 0.25) is 10.5 Å². The second-order valence-corrected chi connectivity index (χ2v) is 12.0. The van der Waals surface area contributed by atoms with Crippen LogP contribution in [-0.2, 0) is 27.5 Å². The number of hydrogen-bond acceptors (Lipinski definition) is 2. The molecule has 121 valence electrons. The van der Waals surface area contributed by atoms with Gasteiger partial charge in [-0.2, -0.15) is 0 Å². The Balaban J connectivity index is 2.99. The van der Waals surface area contributed by atoms with Crippen molar-refractivity contribution in [2.24, 2.45) is 5.41 Å². The third kappa shape index (κ3) is 5.10. The van der Waals surface area contributed by atoms with Crippen LogP contribution >= 0.6 is 0 Å². The summed E-state index contributed by atoms with van der Waals surface area (Å²) in [6, 6.07) is 0.181. The monoisotopic (exact) mass is 331 g/mol. The topological polar surface area (TPSA) is 58.2 Å². The van der Waals surface area contributed by atoms with Gasteiger partial charge >= 0.3 is 135 Å². The van der Waals surface area contributed by atoms with E-state index in [-0.39, 0.29) is 27.1 Å². The Hall–Kier alpha value is -0.346. The average molecular weight is 331 g/mol. The van der Waals surface area contributed by atoms with Crippen molar-refractivity contribution in [3.8, 4) is 0 Å². The predicted molar refractivity (Wildman–Crippen MR) is 82.7 cm³/mol. The molecule has 1 saturated carbocycles. The summed E-state index contributed by atoms with van der Waals surface area (Å²) in [5.74, 6) is 0.254. The first-order valence-corrected chi connectivity index (χ1v) is 12.0. The van der Waals surface area contributed by atoms with Gasteiger partial charge in [0.05, 0.1) is 0 Å². The van der Waals surface area contributed by atoms with E-state index < -0.39 is 17.9 Å². The van der Waals surface area contributed by atoms with E-state index in [1.54, 1.807) is 0 Å². The van der Waals surface area contributed by atoms with Gasteiger partial charge in [0.1, 0.15) is 0 Å². The molecule has 0 aliphatic heterocycles. The fraction of sp³-hybridized carbons (Fsp3) is 0.875. The average Bonchev–Trinajstić information content (AvgIpc) is 2.36. The maximum absolute atomic E-state index is 12.0. The van der Waals surface area contributed by atoms with Crippen molar-refractivity contribution in [3.63, 3.8) is 0 Å². The van der Waals surface area contributed by atoms with Crippen molar-refractivity contribution in [3.05, 3.63) is 0 Å². The molecule has 0 aromatic rings. The maximum atomic E-state index is 12.0. The molecule has 21 heavy (non-hydrogen) atoms. The Morgan fingerprint density at radius 1 is 1.10 bits per heavy atom. The molecule has 1 aliphatic carbocycles. The minimum atomic E-state index is -1.41. The SMILES string of the molecule is CCC(=O)NC1CC(C)(C)C[C](NC(=O)CC)([Ti]([CH3])[CH3])C1. The molecule has 0 bridgehead atoms. The Morgan fingerprint density at radius 3 is 2.14 bits per heavy atom. The summed E-state index contributed by atoms with van der Waals surface area (Å²) < 4.78 is -0.0550. The van der Waals surface area contributed by atoms with E-state index in [9.17, 15) is 9.59 Å². The molecule has 0 spiro atoms. The number of carbonyl (C=O) groups excluding carboxylic acids is 2. The van der Waals surface area contributed by atoms with Crippen molar-refractivity contribution in [1.82, 2.24) is 10.6 Å². The third-order valence-corrected chi connectivity index (χ3v) is 8.30. The Labute approximate surface area is 135 Å². The summed E-state index contributed by atoms with van der Waals surface area (Å²) in [6.07, 6.45) is 3.98. The molecule has 0 aromatic heterocycles. The zero-order valence-electron chi connectivity index (χ0n) is 14.4. The van der Waals surface area contributed by atoms with Crippen LogP contribution in [0.15, 0.2) is 0 Å². The second-order valence-electron chi connectivity index (χ2n) is 7.35. The van der Waals surface area contributed by atoms with Crippen LogP contribution in [0.3, 0.4) is 0 Å². The Morgan fingerprint density at radius 2 is 1.67 bits per heavy atom. The number of nitrogens with one attached hydrogen (secondary N) is 2. The van der Waals surface area contributed by atoms with Gasteiger partial charge in [-0.1, -0.05) is 0 Å². The molecule has 1 rings (SSSR count). The van der Waals surface area contributed by atoms with Crippen molar-refractivity contribution < 1.29 is 27.5 Å². The van der Waals surface area contributed by atoms with Crippen LogP contribution in [0, 0.1) is 5.41 Å². The first kappa shape index (κ1) is 18.7. The normalized spacial score (nSPS) is 27.8. The van der Waals surface area contributed by atoms with Gasteiger partial charge in [0.15, 0.2) is 0 Å². The van der Waals surface area contributed by atoms with Crippen molar-refractivity contribution in [1.29, 1.82) is 0 Å². The zero-order valence-corrected chi connectivity index (χ0v) is 16.0. The molecule has 2 amide bonds. The van der Waals surface area contributed by atoms with Crippen LogP contribution in [0.25, 0.3) is 0 Å². The summed E-state index contributed by atoms with van der Waals surface area (Å²) in [5, 5.41) is 11.2. The molecule has 2 atom stereocenters. The molecule has 5 heteroatoms. The Kier molecular flexibility index (Phi) is 6.48. The minimum absolute atomic E-state index is 0.0550. The fourth-order valence-corrected chi connectivity index (χ4v) is 6.44. The van der Waals surface area contributed by atoms with Crippen molar-refractivity contribution in [2.45, 2.75) is 80.1 Å². The third-order valence-electron chi connectivity index (χ3n) is 4.52. The molecular weight excluding hydrogens is 300 g/mol. The van der Waals surface area contributed by atoms with E-state index in [1.807, 2.05) is 13.8 Å². The number of hydrogen-bond donors (Lipinski definition) is 2. The Bertz CT molecular complexity index is 396. The summed E-state index contributed by atoms with van der Waals surface area (Å²) in [7, 11) is 0. The van der Waals surface area contributed by atoms with E-state index in [2.05, 4.69) is 34.9 Å². The zero-order chi connectivity index (χ0) is 16.3. The van der Waals surface area contributed by atoms with Gasteiger partial charge in [-0.15, -0.1) is 0 Å². The molecule has 0 aromatic carbocycles. The fourth-order valence-electron chi connectivity index (χ4n) is 3.51. The van der Waals surface area contributed by atoms with Crippen LogP contribution < -0.4 is 10.6 Å². The first-order valence-electron chi connectivity index (χ1n) is 8.05. The molecule has 0 saturated heterocycles. The standard InChI is InChI=1S/C14H25N2O2.2CH3.Ti/c1-5-12(17)15-10-7-11(16-13(18)6-2)9-14(3,4)8-10;;;/h10H,5-9H2,1-4H3,(H,15,17)(H,16,18);2*1H3;. The van der Waals surface area contributed by atoms with Crippen molar-refractivity contribution >= 4 is 11.8 Å². The van der Waals surface area contributed by atoms with Gasteiger partial charge in [-0.25, -0.2) is 0 Å². The summed E-state index contributed by atoms with van der Waals surface area (Å²) in [6.45, 7) is 8.30. The van der Waals surface area contributed by atoms with Crippen LogP contribution in [0.5, 0.6) is 0 Å². The molecule has 4 nitrogen and oxygen atoms in total. The quantitative estimate of drug-likeness (QED) is 0.761. The number of rotatable bonds is 5. The molecule has 2 N–H and O–H groups in total. The van der Waals surface area contributed by atoms with E-state index >= 15 is 0 Å². The molecule has 0 heterocycles. The summed E-state index contributed by atoms with van der Waals surface area (Å²) in [5.41, 5.74) is 0.148. The van der Waals surface area contributed by atoms with E-state index in [4.69, 9.17) is 0 Å². The van der Waals surface area contributed by atoms with Gasteiger partial charge in [-0.05, 0) is 0 Å². The van der Waals surface area contributed by atoms with Gasteiger partial charge in [0, 0.05) is 0 Å². The van der Waals surface area contributed by atoms with Crippen LogP contribution in [0.4, 0.5) is 0 Å². The number of amides is 2. The van der Waals surface area contributed by atoms with Crippen LogP contribution in [-0.4, -0.2) is 21.7 Å². The van der Waals surface area contributed by atoms with Gasteiger partial charge in [-0.3, -0.25) is 0 Å². The summed E-state index contributed by atoms with van der Waals surface area (Å²) >= 11 is -1.41. The molecule has 1 aliphatic rings. The van der Waals surface area contributed by atoms with Gasteiger partial charge in [0.25, 0.3) is 0 Å². The second kappa shape index (κ2) is 7.28. The van der Waals surface area contributed by atoms with E-state index in [0.717, 1.165) is 19.3 Å². The van der Waals surface area contributed by atoms with Gasteiger partial charge in [0.2, 0.25) is 0 Å².